The summed E-state index contributed by atoms with van der Waals surface area (Å²) >= 11 is 0. The minimum Gasteiger partial charge on any atom is -0.387 e. The molecule has 0 spiro atoms. The third-order valence-corrected chi connectivity index (χ3v) is 4.82. The molecule has 3 atom stereocenters. The minimum atomic E-state index is -0.700. The van der Waals surface area contributed by atoms with E-state index in [1.165, 1.54) is 19.3 Å². The highest BCUT2D eigenvalue weighted by Crippen LogP contribution is 2.58. The van der Waals surface area contributed by atoms with Gasteiger partial charge in [-0.05, 0) is 37.6 Å². The van der Waals surface area contributed by atoms with E-state index in [1.807, 2.05) is 7.05 Å². The van der Waals surface area contributed by atoms with Gasteiger partial charge >= 0.3 is 0 Å². The molecule has 1 aliphatic heterocycles. The monoisotopic (exact) mass is 238 g/mol. The third kappa shape index (κ3) is 1.97. The predicted octanol–water partition coefficient (Wildman–Crippen LogP) is 0.215. The summed E-state index contributed by atoms with van der Waals surface area (Å²) in [7, 11) is 1.84. The maximum absolute atomic E-state index is 12.2. The number of fused-ring (bicyclic) bond motifs is 1. The van der Waals surface area contributed by atoms with E-state index in [9.17, 15) is 9.90 Å². The summed E-state index contributed by atoms with van der Waals surface area (Å²) in [6.07, 6.45) is 4.53. The van der Waals surface area contributed by atoms with Gasteiger partial charge in [0.2, 0.25) is 5.91 Å². The number of likely N-dealkylation sites (N-methyl/N-ethyl adjacent to an activating group) is 1. The fraction of sp³-hybridized carbons (Fsp3) is 0.923. The highest BCUT2D eigenvalue weighted by atomic mass is 16.3. The number of aliphatic hydroxyl groups is 1. The van der Waals surface area contributed by atoms with Gasteiger partial charge in [-0.3, -0.25) is 4.79 Å². The molecule has 2 N–H and O–H groups in total. The molecule has 3 unspecified atom stereocenters. The SMILES string of the molecule is CN(CC1(O)CCNC1)C(=O)C1C2CCCC21. The zero-order chi connectivity index (χ0) is 12.0. The molecule has 4 heteroatoms. The number of carbonyl (C=O) groups is 1. The predicted molar refractivity (Wildman–Crippen MR) is 64.4 cm³/mol. The lowest BCUT2D eigenvalue weighted by Crippen LogP contribution is -2.46. The van der Waals surface area contributed by atoms with Crippen molar-refractivity contribution in [3.8, 4) is 0 Å². The zero-order valence-electron chi connectivity index (χ0n) is 10.5. The van der Waals surface area contributed by atoms with E-state index in [-0.39, 0.29) is 11.8 Å². The van der Waals surface area contributed by atoms with Crippen LogP contribution < -0.4 is 5.32 Å². The molecule has 3 rings (SSSR count). The van der Waals surface area contributed by atoms with Crippen molar-refractivity contribution >= 4 is 5.91 Å². The first kappa shape index (κ1) is 11.5. The van der Waals surface area contributed by atoms with Crippen molar-refractivity contribution in [3.05, 3.63) is 0 Å². The lowest BCUT2D eigenvalue weighted by Gasteiger charge is -2.28. The molecule has 17 heavy (non-hydrogen) atoms. The first-order valence-electron chi connectivity index (χ1n) is 6.79. The van der Waals surface area contributed by atoms with Crippen molar-refractivity contribution in [2.24, 2.45) is 17.8 Å². The number of carbonyl (C=O) groups excluding carboxylic acids is 1. The van der Waals surface area contributed by atoms with E-state index in [4.69, 9.17) is 0 Å². The number of hydrogen-bond donors (Lipinski definition) is 2. The molecule has 0 radical (unpaired) electrons. The Morgan fingerprint density at radius 2 is 2.18 bits per heavy atom. The average Bonchev–Trinajstić information content (AvgIpc) is 2.70. The van der Waals surface area contributed by atoms with Crippen LogP contribution in [0, 0.1) is 17.8 Å². The van der Waals surface area contributed by atoms with Crippen LogP contribution in [0.15, 0.2) is 0 Å². The normalized spacial score (nSPS) is 43.5. The van der Waals surface area contributed by atoms with Crippen LogP contribution in [0.5, 0.6) is 0 Å². The molecule has 3 fully saturated rings. The molecule has 96 valence electrons. The minimum absolute atomic E-state index is 0.264. The number of nitrogens with one attached hydrogen (secondary N) is 1. The second kappa shape index (κ2) is 3.95. The van der Waals surface area contributed by atoms with E-state index < -0.39 is 5.60 Å². The van der Waals surface area contributed by atoms with E-state index in [1.54, 1.807) is 4.90 Å². The number of nitrogens with zero attached hydrogens (tertiary/aromatic N) is 1. The maximum atomic E-state index is 12.2. The van der Waals surface area contributed by atoms with Gasteiger partial charge in [0.1, 0.15) is 0 Å². The molecule has 2 aliphatic carbocycles. The maximum Gasteiger partial charge on any atom is 0.226 e. The van der Waals surface area contributed by atoms with Crippen molar-refractivity contribution in [2.45, 2.75) is 31.3 Å². The van der Waals surface area contributed by atoms with Crippen LogP contribution in [-0.2, 0) is 4.79 Å². The van der Waals surface area contributed by atoms with Gasteiger partial charge in [-0.2, -0.15) is 0 Å². The zero-order valence-corrected chi connectivity index (χ0v) is 10.5. The van der Waals surface area contributed by atoms with Crippen LogP contribution in [-0.4, -0.2) is 48.2 Å². The van der Waals surface area contributed by atoms with Gasteiger partial charge in [-0.15, -0.1) is 0 Å². The largest absolute Gasteiger partial charge is 0.387 e. The molecule has 0 bridgehead atoms. The van der Waals surface area contributed by atoms with Gasteiger partial charge in [-0.25, -0.2) is 0 Å². The standard InChI is InChI=1S/C13H22N2O2/c1-15(8-13(17)5-6-14-7-13)12(16)11-9-3-2-4-10(9)11/h9-11,14,17H,2-8H2,1H3. The van der Waals surface area contributed by atoms with Crippen LogP contribution >= 0.6 is 0 Å². The fourth-order valence-corrected chi connectivity index (χ4v) is 3.83. The van der Waals surface area contributed by atoms with Gasteiger partial charge < -0.3 is 15.3 Å². The van der Waals surface area contributed by atoms with E-state index >= 15 is 0 Å². The van der Waals surface area contributed by atoms with Crippen LogP contribution in [0.4, 0.5) is 0 Å². The number of amides is 1. The van der Waals surface area contributed by atoms with Crippen LogP contribution in [0.3, 0.4) is 0 Å². The lowest BCUT2D eigenvalue weighted by molar-refractivity contribution is -0.135. The molecule has 0 aromatic heterocycles. The molecule has 1 amide bonds. The van der Waals surface area contributed by atoms with E-state index in [2.05, 4.69) is 5.32 Å². The molecule has 0 aromatic rings. The second-order valence-electron chi connectivity index (χ2n) is 6.13. The first-order chi connectivity index (χ1) is 8.11. The number of rotatable bonds is 3. The molecule has 0 aromatic carbocycles. The molecule has 2 saturated carbocycles. The molecule has 4 nitrogen and oxygen atoms in total. The van der Waals surface area contributed by atoms with Crippen molar-refractivity contribution in [1.82, 2.24) is 10.2 Å². The highest BCUT2D eigenvalue weighted by Gasteiger charge is 2.57. The van der Waals surface area contributed by atoms with Gasteiger partial charge in [0.15, 0.2) is 0 Å². The Labute approximate surface area is 102 Å². The third-order valence-electron chi connectivity index (χ3n) is 4.82. The van der Waals surface area contributed by atoms with Gasteiger partial charge in [0.25, 0.3) is 0 Å². The van der Waals surface area contributed by atoms with Crippen molar-refractivity contribution in [2.75, 3.05) is 26.7 Å². The Hall–Kier alpha value is -0.610. The van der Waals surface area contributed by atoms with Crippen molar-refractivity contribution in [1.29, 1.82) is 0 Å². The molecule has 3 aliphatic rings. The average molecular weight is 238 g/mol. The van der Waals surface area contributed by atoms with E-state index in [0.717, 1.165) is 13.0 Å². The summed E-state index contributed by atoms with van der Waals surface area (Å²) in [6, 6.07) is 0. The topological polar surface area (TPSA) is 52.6 Å². The van der Waals surface area contributed by atoms with Crippen LogP contribution in [0.25, 0.3) is 0 Å². The second-order valence-corrected chi connectivity index (χ2v) is 6.13. The lowest BCUT2D eigenvalue weighted by atomic mass is 10.0. The molecular formula is C13H22N2O2. The number of hydrogen-bond acceptors (Lipinski definition) is 3. The summed E-state index contributed by atoms with van der Waals surface area (Å²) < 4.78 is 0. The van der Waals surface area contributed by atoms with Gasteiger partial charge in [0, 0.05) is 19.5 Å². The van der Waals surface area contributed by atoms with Gasteiger partial charge in [0.05, 0.1) is 12.1 Å². The summed E-state index contributed by atoms with van der Waals surface area (Å²) in [5.41, 5.74) is -0.700. The quantitative estimate of drug-likeness (QED) is 0.739. The molecular weight excluding hydrogens is 216 g/mol. The summed E-state index contributed by atoms with van der Waals surface area (Å²) in [6.45, 7) is 1.95. The summed E-state index contributed by atoms with van der Waals surface area (Å²) in [5.74, 6) is 1.88. The first-order valence-corrected chi connectivity index (χ1v) is 6.79. The van der Waals surface area contributed by atoms with E-state index in [0.29, 0.717) is 24.9 Å². The van der Waals surface area contributed by atoms with Crippen LogP contribution in [0.2, 0.25) is 0 Å². The van der Waals surface area contributed by atoms with Gasteiger partial charge in [-0.1, -0.05) is 6.42 Å². The smallest absolute Gasteiger partial charge is 0.226 e. The van der Waals surface area contributed by atoms with Crippen molar-refractivity contribution in [3.63, 3.8) is 0 Å². The highest BCUT2D eigenvalue weighted by molar-refractivity contribution is 5.82. The van der Waals surface area contributed by atoms with Crippen LogP contribution in [0.1, 0.15) is 25.7 Å². The fourth-order valence-electron chi connectivity index (χ4n) is 3.83. The Morgan fingerprint density at radius 1 is 1.47 bits per heavy atom. The van der Waals surface area contributed by atoms with Crippen molar-refractivity contribution < 1.29 is 9.90 Å². The molecule has 1 saturated heterocycles. The Bertz CT molecular complexity index is 315. The Kier molecular flexibility index (Phi) is 2.67. The number of β-amino-alcohol motifs (C(OH)–C–C–N with tert-alkyl or cyclic N) is 1. The summed E-state index contributed by atoms with van der Waals surface area (Å²) in [5, 5.41) is 13.4. The summed E-state index contributed by atoms with van der Waals surface area (Å²) in [4.78, 5) is 14.0. The molecule has 1 heterocycles. The Morgan fingerprint density at radius 3 is 2.76 bits per heavy atom. The Balaban J connectivity index is 1.55.